The Morgan fingerprint density at radius 1 is 0.553 bits per heavy atom. The minimum absolute atomic E-state index is 0. The monoisotopic (exact) mass is 750 g/mol. The number of aryl methyl sites for hydroxylation is 3. The summed E-state index contributed by atoms with van der Waals surface area (Å²) < 4.78 is 0. The van der Waals surface area contributed by atoms with E-state index in [2.05, 4.69) is 164 Å². The third-order valence-corrected chi connectivity index (χ3v) is 8.66. The van der Waals surface area contributed by atoms with Crippen molar-refractivity contribution in [2.75, 3.05) is 0 Å². The third-order valence-electron chi connectivity index (χ3n) is 8.66. The average Bonchev–Trinajstić information content (AvgIpc) is 3.65. The van der Waals surface area contributed by atoms with E-state index in [1.165, 1.54) is 106 Å². The fraction of sp³-hybridized carbons (Fsp3) is 0.163. The van der Waals surface area contributed by atoms with Crippen molar-refractivity contribution in [2.24, 2.45) is 0 Å². The summed E-state index contributed by atoms with van der Waals surface area (Å²) in [7, 11) is 0. The van der Waals surface area contributed by atoms with Gasteiger partial charge in [-0.05, 0) is 52.8 Å². The maximum absolute atomic E-state index is 3.06. The van der Waals surface area contributed by atoms with Gasteiger partial charge >= 0.3 is 30.2 Å². The quantitative estimate of drug-likeness (QED) is 0.125. The summed E-state index contributed by atoms with van der Waals surface area (Å²) in [6, 6.07) is 42.2. The number of hydrogen-bond acceptors (Lipinski definition) is 0. The molecule has 7 rings (SSSR count). The molecule has 0 atom stereocenters. The van der Waals surface area contributed by atoms with E-state index in [0.717, 1.165) is 0 Å². The van der Waals surface area contributed by atoms with E-state index in [-0.39, 0.29) is 39.7 Å². The Morgan fingerprint density at radius 3 is 1.83 bits per heavy atom. The maximum atomic E-state index is 3.06. The molecule has 0 aromatic heterocycles. The van der Waals surface area contributed by atoms with Crippen LogP contribution >= 0.6 is 24.8 Å². The van der Waals surface area contributed by atoms with Crippen LogP contribution in [-0.4, -0.2) is 6.88 Å². The molecule has 0 fully saturated rings. The molecule has 0 N–H and O–H groups in total. The van der Waals surface area contributed by atoms with Gasteiger partial charge in [-0.2, -0.15) is 12.1 Å². The third kappa shape index (κ3) is 8.84. The molecule has 0 spiro atoms. The zero-order valence-electron chi connectivity index (χ0n) is 28.9. The number of hydrogen-bond donors (Lipinski definition) is 0. The van der Waals surface area contributed by atoms with Gasteiger partial charge in [-0.3, -0.25) is 0 Å². The van der Waals surface area contributed by atoms with Crippen LogP contribution in [0.2, 0.25) is 0 Å². The Bertz CT molecular complexity index is 2040. The Labute approximate surface area is 312 Å². The Morgan fingerprint density at radius 2 is 1.13 bits per heavy atom. The molecule has 4 heteroatoms. The van der Waals surface area contributed by atoms with Crippen LogP contribution in [0.5, 0.6) is 0 Å². The molecule has 7 aromatic rings. The molecule has 7 aromatic carbocycles. The topological polar surface area (TPSA) is 0 Å². The summed E-state index contributed by atoms with van der Waals surface area (Å²) in [6.07, 6.45) is 0. The van der Waals surface area contributed by atoms with Gasteiger partial charge in [-0.1, -0.05) is 112 Å². The summed E-state index contributed by atoms with van der Waals surface area (Å²) in [5, 5.41) is 8.09. The van der Waals surface area contributed by atoms with Gasteiger partial charge in [-0.25, -0.2) is 0 Å². The summed E-state index contributed by atoms with van der Waals surface area (Å²) in [6.45, 7) is 16.3. The molecule has 0 aliphatic heterocycles. The van der Waals surface area contributed by atoms with Gasteiger partial charge in [0.2, 0.25) is 0 Å². The molecule has 2 radical (unpaired) electrons. The van der Waals surface area contributed by atoms with Crippen LogP contribution in [0.4, 0.5) is 0 Å². The Hall–Kier alpha value is -2.74. The second-order valence-corrected chi connectivity index (χ2v) is 11.8. The first-order valence-corrected chi connectivity index (χ1v) is 19.2. The van der Waals surface area contributed by atoms with Crippen molar-refractivity contribution in [3.05, 3.63) is 158 Å². The average molecular weight is 753 g/mol. The molecular weight excluding hydrogens is 707 g/mol. The molecule has 0 aliphatic rings. The Balaban J connectivity index is 0.000000416. The van der Waals surface area contributed by atoms with E-state index in [0.29, 0.717) is 5.92 Å². The van der Waals surface area contributed by atoms with Crippen LogP contribution in [0, 0.1) is 42.5 Å². The number of fused-ring (bicyclic) bond motifs is 3. The first kappa shape index (κ1) is 42.3. The zero-order valence-corrected chi connectivity index (χ0v) is 34.0. The molecule has 244 valence electrons. The molecule has 0 bridgehead atoms. The van der Waals surface area contributed by atoms with Crippen molar-refractivity contribution in [3.8, 4) is 22.3 Å². The first-order chi connectivity index (χ1) is 20.8. The van der Waals surface area contributed by atoms with Gasteiger partial charge in [0, 0.05) is 0 Å². The molecule has 0 aliphatic carbocycles. The van der Waals surface area contributed by atoms with Crippen LogP contribution in [0.15, 0.2) is 115 Å². The normalized spacial score (nSPS) is 10.0. The van der Waals surface area contributed by atoms with Crippen LogP contribution in [0.1, 0.15) is 47.6 Å². The van der Waals surface area contributed by atoms with Crippen molar-refractivity contribution in [3.63, 3.8) is 0 Å². The van der Waals surface area contributed by atoms with Gasteiger partial charge in [0.15, 0.2) is 0 Å². The second-order valence-electron chi connectivity index (χ2n) is 11.8. The van der Waals surface area contributed by atoms with Crippen molar-refractivity contribution < 1.29 is 23.3 Å². The van der Waals surface area contributed by atoms with Crippen LogP contribution in [0.3, 0.4) is 0 Å². The molecule has 0 saturated heterocycles. The molecule has 47 heavy (non-hydrogen) atoms. The molecule has 0 saturated carbocycles. The van der Waals surface area contributed by atoms with Crippen LogP contribution in [-0.2, 0) is 23.3 Å². The predicted molar refractivity (Wildman–Crippen MR) is 214 cm³/mol. The first-order valence-electron chi connectivity index (χ1n) is 15.0. The molecular formula is C43H46Cl2SiZr-4. The van der Waals surface area contributed by atoms with E-state index in [1.54, 1.807) is 0 Å². The van der Waals surface area contributed by atoms with Crippen LogP contribution in [0.25, 0.3) is 54.6 Å². The summed E-state index contributed by atoms with van der Waals surface area (Å²) in [5.41, 5.74) is 12.2. The zero-order chi connectivity index (χ0) is 30.7. The molecule has 0 amide bonds. The Kier molecular flexibility index (Phi) is 16.8. The van der Waals surface area contributed by atoms with E-state index in [1.807, 2.05) is 0 Å². The van der Waals surface area contributed by atoms with Gasteiger partial charge in [-0.15, -0.1) is 93.4 Å². The van der Waals surface area contributed by atoms with Gasteiger partial charge < -0.3 is 14.9 Å². The minimum atomic E-state index is 0. The molecule has 0 heterocycles. The number of rotatable bonds is 3. The van der Waals surface area contributed by atoms with E-state index in [4.69, 9.17) is 0 Å². The fourth-order valence-corrected chi connectivity index (χ4v) is 6.15. The standard InChI is InChI=1S/C22H19.C19H19.2CH3.2ClH.Si.Zr/c1-15(2)18-13-17-9-6-12-21(22(17)14-18)20-11-5-8-16-7-3-4-10-19(16)20;1-12-10-18-14(3)8-9-17(19(18)11-12)16-7-5-6-13(2)15(16)4;;;;;;/h3-15H,1-2H3;5-11H,1-4H3;2*1H3;2*1H;;/q4*-1;;;;. The summed E-state index contributed by atoms with van der Waals surface area (Å²) >= 11 is 1.36. The SMILES string of the molecule is CC(C)c1cc2c(-c3cccc4ccccc34)cccc2[cH-]1.Cc1cc2c(-c3cccc(C)c3C)ccc(C)c2[cH-]1.Cl.Cl.[CH3-].[CH3-].[Si]=[Zr]. The number of halogens is 2. The summed E-state index contributed by atoms with van der Waals surface area (Å²) in [4.78, 5) is 0. The fourth-order valence-electron chi connectivity index (χ4n) is 6.15. The van der Waals surface area contributed by atoms with Crippen LogP contribution < -0.4 is 0 Å². The summed E-state index contributed by atoms with van der Waals surface area (Å²) in [5.74, 6) is 0.563. The van der Waals surface area contributed by atoms with Gasteiger partial charge in [0.25, 0.3) is 0 Å². The van der Waals surface area contributed by atoms with Crippen molar-refractivity contribution in [2.45, 2.75) is 47.5 Å². The van der Waals surface area contributed by atoms with Gasteiger partial charge in [0.05, 0.1) is 0 Å². The van der Waals surface area contributed by atoms with Crippen molar-refractivity contribution in [1.82, 2.24) is 0 Å². The predicted octanol–water partition coefficient (Wildman–Crippen LogP) is 13.3. The number of benzene rings is 5. The van der Waals surface area contributed by atoms with E-state index < -0.39 is 0 Å². The van der Waals surface area contributed by atoms with Gasteiger partial charge in [0.1, 0.15) is 0 Å². The van der Waals surface area contributed by atoms with E-state index in [9.17, 15) is 0 Å². The molecule has 0 unspecified atom stereocenters. The van der Waals surface area contributed by atoms with Crippen molar-refractivity contribution in [1.29, 1.82) is 0 Å². The van der Waals surface area contributed by atoms with E-state index >= 15 is 0 Å². The molecule has 0 nitrogen and oxygen atoms in total. The second kappa shape index (κ2) is 18.7. The van der Waals surface area contributed by atoms with Crippen molar-refractivity contribution >= 4 is 64.0 Å².